The Morgan fingerprint density at radius 2 is 1.45 bits per heavy atom. The van der Waals surface area contributed by atoms with Crippen LogP contribution in [-0.2, 0) is 32.0 Å². The minimum absolute atomic E-state index is 0.0922. The van der Waals surface area contributed by atoms with Crippen molar-refractivity contribution in [2.75, 3.05) is 0 Å². The van der Waals surface area contributed by atoms with Gasteiger partial charge in [-0.3, -0.25) is 14.4 Å². The van der Waals surface area contributed by atoms with Gasteiger partial charge >= 0.3 is 5.97 Å². The van der Waals surface area contributed by atoms with E-state index in [9.17, 15) is 24.3 Å². The monoisotopic (exact) mass is 521 g/mol. The first kappa shape index (κ1) is 28.4. The Bertz CT molecular complexity index is 1270. The number of carboxylic acid groups (broad SMARTS) is 1. The van der Waals surface area contributed by atoms with Crippen molar-refractivity contribution in [1.82, 2.24) is 20.9 Å². The molecule has 1 heterocycles. The Kier molecular flexibility index (Phi) is 9.61. The first-order valence-electron chi connectivity index (χ1n) is 12.5. The quantitative estimate of drug-likeness (QED) is 0.211. The Morgan fingerprint density at radius 3 is 2.11 bits per heavy atom. The van der Waals surface area contributed by atoms with Crippen molar-refractivity contribution in [2.45, 2.75) is 57.8 Å². The van der Waals surface area contributed by atoms with E-state index in [1.165, 1.54) is 6.92 Å². The summed E-state index contributed by atoms with van der Waals surface area (Å²) in [6, 6.07) is 12.4. The number of para-hydroxylation sites is 1. The molecule has 38 heavy (non-hydrogen) atoms. The van der Waals surface area contributed by atoms with Crippen molar-refractivity contribution >= 4 is 34.6 Å². The highest BCUT2D eigenvalue weighted by Gasteiger charge is 2.29. The number of rotatable bonds is 12. The van der Waals surface area contributed by atoms with Gasteiger partial charge in [-0.25, -0.2) is 4.79 Å². The van der Waals surface area contributed by atoms with Gasteiger partial charge in [-0.1, -0.05) is 62.4 Å². The van der Waals surface area contributed by atoms with Gasteiger partial charge in [0.05, 0.1) is 6.04 Å². The van der Waals surface area contributed by atoms with E-state index in [0.717, 1.165) is 22.0 Å². The van der Waals surface area contributed by atoms with Crippen molar-refractivity contribution in [3.05, 3.63) is 71.9 Å². The molecule has 0 fully saturated rings. The van der Waals surface area contributed by atoms with Crippen molar-refractivity contribution in [2.24, 2.45) is 11.7 Å². The molecule has 3 amide bonds. The maximum Gasteiger partial charge on any atom is 0.326 e. The van der Waals surface area contributed by atoms with Crippen LogP contribution in [0.4, 0.5) is 0 Å². The smallest absolute Gasteiger partial charge is 0.326 e. The molecule has 7 N–H and O–H groups in total. The van der Waals surface area contributed by atoms with E-state index in [-0.39, 0.29) is 18.8 Å². The number of H-pyrrole nitrogens is 1. The van der Waals surface area contributed by atoms with Gasteiger partial charge < -0.3 is 31.8 Å². The predicted octanol–water partition coefficient (Wildman–Crippen LogP) is 1.50. The Morgan fingerprint density at radius 1 is 0.816 bits per heavy atom. The van der Waals surface area contributed by atoms with Crippen LogP contribution in [-0.4, -0.2) is 57.9 Å². The van der Waals surface area contributed by atoms with Gasteiger partial charge in [-0.15, -0.1) is 0 Å². The van der Waals surface area contributed by atoms with Crippen molar-refractivity contribution in [3.8, 4) is 0 Å². The summed E-state index contributed by atoms with van der Waals surface area (Å²) in [5, 5.41) is 18.3. The third kappa shape index (κ3) is 7.42. The van der Waals surface area contributed by atoms with E-state index in [2.05, 4.69) is 20.9 Å². The number of aromatic nitrogens is 1. The number of hydrogen-bond acceptors (Lipinski definition) is 5. The second-order valence-corrected chi connectivity index (χ2v) is 9.71. The van der Waals surface area contributed by atoms with E-state index in [1.54, 1.807) is 44.3 Å². The number of amides is 3. The average molecular weight is 522 g/mol. The molecule has 0 saturated carbocycles. The largest absolute Gasteiger partial charge is 0.480 e. The Labute approximate surface area is 221 Å². The molecule has 4 atom stereocenters. The molecule has 202 valence electrons. The topological polar surface area (TPSA) is 166 Å². The van der Waals surface area contributed by atoms with Gasteiger partial charge in [0.25, 0.3) is 0 Å². The number of aliphatic carboxylic acids is 1. The number of benzene rings is 2. The molecule has 0 radical (unpaired) electrons. The number of nitrogens with one attached hydrogen (secondary N) is 4. The van der Waals surface area contributed by atoms with E-state index in [1.807, 2.05) is 30.3 Å². The first-order chi connectivity index (χ1) is 18.1. The van der Waals surface area contributed by atoms with Crippen LogP contribution in [0, 0.1) is 5.92 Å². The Hall–Kier alpha value is -4.18. The molecule has 0 saturated heterocycles. The van der Waals surface area contributed by atoms with Gasteiger partial charge in [0.1, 0.15) is 18.1 Å². The van der Waals surface area contributed by atoms with Gasteiger partial charge in [-0.05, 0) is 30.0 Å². The van der Waals surface area contributed by atoms with Crippen LogP contribution in [0.3, 0.4) is 0 Å². The molecule has 10 heteroatoms. The van der Waals surface area contributed by atoms with Crippen LogP contribution in [0.1, 0.15) is 31.9 Å². The fourth-order valence-electron chi connectivity index (χ4n) is 4.03. The molecule has 0 bridgehead atoms. The summed E-state index contributed by atoms with van der Waals surface area (Å²) < 4.78 is 0. The first-order valence-corrected chi connectivity index (χ1v) is 12.5. The summed E-state index contributed by atoms with van der Waals surface area (Å²) >= 11 is 0. The van der Waals surface area contributed by atoms with Crippen molar-refractivity contribution in [1.29, 1.82) is 0 Å². The van der Waals surface area contributed by atoms with Gasteiger partial charge in [-0.2, -0.15) is 0 Å². The summed E-state index contributed by atoms with van der Waals surface area (Å²) in [7, 11) is 0. The Balaban J connectivity index is 1.72. The lowest BCUT2D eigenvalue weighted by molar-refractivity contribution is -0.142. The molecule has 0 aliphatic heterocycles. The van der Waals surface area contributed by atoms with Crippen LogP contribution in [0.2, 0.25) is 0 Å². The standard InChI is InChI=1S/C28H35N5O5/c1-16(2)24(29)27(36)32-22(14-19-15-30-21-12-8-7-11-20(19)21)26(35)31-17(3)25(34)33-23(28(37)38)13-18-9-5-4-6-10-18/h4-12,15-17,22-24,30H,13-14,29H2,1-3H3,(H,31,35)(H,32,36)(H,33,34)(H,37,38). The van der Waals surface area contributed by atoms with Crippen LogP contribution in [0.25, 0.3) is 10.9 Å². The van der Waals surface area contributed by atoms with Gasteiger partial charge in [0, 0.05) is 29.9 Å². The summed E-state index contributed by atoms with van der Waals surface area (Å²) in [6.45, 7) is 5.07. The minimum atomic E-state index is -1.19. The molecule has 2 aromatic carbocycles. The molecular formula is C28H35N5O5. The molecule has 0 aliphatic carbocycles. The number of carboxylic acids is 1. The zero-order chi connectivity index (χ0) is 27.8. The second kappa shape index (κ2) is 12.9. The van der Waals surface area contributed by atoms with Crippen LogP contribution in [0.15, 0.2) is 60.8 Å². The second-order valence-electron chi connectivity index (χ2n) is 9.71. The molecule has 10 nitrogen and oxygen atoms in total. The lowest BCUT2D eigenvalue weighted by atomic mass is 10.0. The van der Waals surface area contributed by atoms with Crippen LogP contribution >= 0.6 is 0 Å². The number of aromatic amines is 1. The molecule has 0 spiro atoms. The number of carbonyl (C=O) groups excluding carboxylic acids is 3. The highest BCUT2D eigenvalue weighted by atomic mass is 16.4. The average Bonchev–Trinajstić information content (AvgIpc) is 3.30. The predicted molar refractivity (Wildman–Crippen MR) is 144 cm³/mol. The fourth-order valence-corrected chi connectivity index (χ4v) is 4.03. The van der Waals surface area contributed by atoms with E-state index in [0.29, 0.717) is 0 Å². The molecule has 3 rings (SSSR count). The van der Waals surface area contributed by atoms with Gasteiger partial charge in [0.15, 0.2) is 0 Å². The number of fused-ring (bicyclic) bond motifs is 1. The maximum atomic E-state index is 13.3. The summed E-state index contributed by atoms with van der Waals surface area (Å²) in [4.78, 5) is 53.7. The number of carbonyl (C=O) groups is 4. The summed E-state index contributed by atoms with van der Waals surface area (Å²) in [6.07, 6.45) is 2.03. The fraction of sp³-hybridized carbons (Fsp3) is 0.357. The molecule has 3 aromatic rings. The zero-order valence-corrected chi connectivity index (χ0v) is 21.7. The molecule has 0 aliphatic rings. The van der Waals surface area contributed by atoms with Crippen LogP contribution in [0.5, 0.6) is 0 Å². The third-order valence-electron chi connectivity index (χ3n) is 6.40. The molecule has 1 aromatic heterocycles. The minimum Gasteiger partial charge on any atom is -0.480 e. The van der Waals surface area contributed by atoms with E-state index < -0.39 is 47.9 Å². The van der Waals surface area contributed by atoms with E-state index in [4.69, 9.17) is 5.73 Å². The third-order valence-corrected chi connectivity index (χ3v) is 6.40. The lowest BCUT2D eigenvalue weighted by Crippen LogP contribution is -2.57. The SMILES string of the molecule is CC(NC(=O)C(Cc1c[nH]c2ccccc12)NC(=O)C(N)C(C)C)C(=O)NC(Cc1ccccc1)C(=O)O. The summed E-state index contributed by atoms with van der Waals surface area (Å²) in [5.41, 5.74) is 8.45. The number of nitrogens with two attached hydrogens (primary N) is 1. The van der Waals surface area contributed by atoms with Gasteiger partial charge in [0.2, 0.25) is 17.7 Å². The normalized spacial score (nSPS) is 14.3. The van der Waals surface area contributed by atoms with Crippen LogP contribution < -0.4 is 21.7 Å². The maximum absolute atomic E-state index is 13.3. The lowest BCUT2D eigenvalue weighted by Gasteiger charge is -2.24. The summed E-state index contributed by atoms with van der Waals surface area (Å²) in [5.74, 6) is -3.05. The molecule has 4 unspecified atom stereocenters. The molecular weight excluding hydrogens is 486 g/mol. The van der Waals surface area contributed by atoms with E-state index >= 15 is 0 Å². The van der Waals surface area contributed by atoms with Crippen molar-refractivity contribution in [3.63, 3.8) is 0 Å². The van der Waals surface area contributed by atoms with Crippen molar-refractivity contribution < 1.29 is 24.3 Å². The highest BCUT2D eigenvalue weighted by molar-refractivity contribution is 5.94. The number of hydrogen-bond donors (Lipinski definition) is 6. The highest BCUT2D eigenvalue weighted by Crippen LogP contribution is 2.19. The zero-order valence-electron chi connectivity index (χ0n) is 21.7.